The molecule has 0 bridgehead atoms. The maximum atomic E-state index is 5.42. The van der Waals surface area contributed by atoms with Crippen molar-refractivity contribution in [2.75, 3.05) is 5.75 Å². The van der Waals surface area contributed by atoms with E-state index in [4.69, 9.17) is 17.0 Å². The average Bonchev–Trinajstić information content (AvgIpc) is 2.25. The Balaban J connectivity index is 2.24. The molecule has 0 aliphatic rings. The zero-order chi connectivity index (χ0) is 10.2. The average molecular weight is 226 g/mol. The van der Waals surface area contributed by atoms with Gasteiger partial charge in [0, 0.05) is 5.75 Å². The maximum Gasteiger partial charge on any atom is 0.220 e. The fourth-order valence-electron chi connectivity index (χ4n) is 0.944. The molecule has 0 unspecified atom stereocenters. The Morgan fingerprint density at radius 3 is 2.71 bits per heavy atom. The van der Waals surface area contributed by atoms with Crippen LogP contribution in [-0.4, -0.2) is 10.1 Å². The van der Waals surface area contributed by atoms with Crippen LogP contribution in [0.3, 0.4) is 0 Å². The van der Waals surface area contributed by atoms with Gasteiger partial charge in [-0.15, -0.1) is 0 Å². The lowest BCUT2D eigenvalue weighted by atomic mass is 10.2. The second kappa shape index (κ2) is 6.85. The van der Waals surface area contributed by atoms with E-state index in [-0.39, 0.29) is 0 Å². The minimum atomic E-state index is 0.580. The van der Waals surface area contributed by atoms with Crippen molar-refractivity contribution in [2.45, 2.75) is 20.0 Å². The zero-order valence-electron chi connectivity index (χ0n) is 8.23. The van der Waals surface area contributed by atoms with Crippen LogP contribution in [0.2, 0.25) is 0 Å². The molecule has 1 aromatic rings. The smallest absolute Gasteiger partial charge is 0.220 e. The third kappa shape index (κ3) is 4.63. The van der Waals surface area contributed by atoms with E-state index in [2.05, 4.69) is 6.92 Å². The molecule has 0 aliphatic carbocycles. The highest BCUT2D eigenvalue weighted by Gasteiger charge is 1.98. The first kappa shape index (κ1) is 11.5. The Kier molecular flexibility index (Phi) is 5.64. The highest BCUT2D eigenvalue weighted by Crippen LogP contribution is 2.10. The summed E-state index contributed by atoms with van der Waals surface area (Å²) in [5.41, 5.74) is 1.16. The van der Waals surface area contributed by atoms with E-state index in [0.717, 1.165) is 17.7 Å². The molecule has 14 heavy (non-hydrogen) atoms. The van der Waals surface area contributed by atoms with Crippen molar-refractivity contribution in [2.24, 2.45) is 0 Å². The molecule has 0 atom stereocenters. The molecule has 1 rings (SSSR count). The molecule has 0 radical (unpaired) electrons. The molecule has 0 fully saturated rings. The van der Waals surface area contributed by atoms with Crippen LogP contribution in [0.5, 0.6) is 0 Å². The van der Waals surface area contributed by atoms with Gasteiger partial charge in [-0.05, 0) is 24.2 Å². The van der Waals surface area contributed by atoms with Gasteiger partial charge < -0.3 is 4.74 Å². The predicted molar refractivity (Wildman–Crippen MR) is 66.6 cm³/mol. The molecule has 0 aromatic heterocycles. The van der Waals surface area contributed by atoms with Gasteiger partial charge in [0.25, 0.3) is 0 Å². The van der Waals surface area contributed by atoms with E-state index in [0.29, 0.717) is 11.0 Å². The molecule has 0 saturated heterocycles. The fourth-order valence-corrected chi connectivity index (χ4v) is 1.77. The van der Waals surface area contributed by atoms with E-state index < -0.39 is 0 Å². The topological polar surface area (TPSA) is 9.23 Å². The molecule has 0 spiro atoms. The lowest BCUT2D eigenvalue weighted by molar-refractivity contribution is 0.310. The van der Waals surface area contributed by atoms with Crippen LogP contribution in [-0.2, 0) is 11.3 Å². The molecule has 0 N–H and O–H groups in total. The molecule has 1 nitrogen and oxygen atoms in total. The molecule has 0 aliphatic heterocycles. The summed E-state index contributed by atoms with van der Waals surface area (Å²) < 4.78 is 6.07. The Morgan fingerprint density at radius 1 is 1.36 bits per heavy atom. The standard InChI is InChI=1S/C11H14OS2/c1-2-8-14-11(13)12-9-10-6-4-3-5-7-10/h3-7H,2,8-9H2,1H3. The largest absolute Gasteiger partial charge is 0.474 e. The van der Waals surface area contributed by atoms with Crippen molar-refractivity contribution in [1.29, 1.82) is 0 Å². The summed E-state index contributed by atoms with van der Waals surface area (Å²) in [5, 5.41) is 0. The lowest BCUT2D eigenvalue weighted by Crippen LogP contribution is -1.98. The molecule has 76 valence electrons. The van der Waals surface area contributed by atoms with E-state index >= 15 is 0 Å². The first-order valence-electron chi connectivity index (χ1n) is 4.66. The van der Waals surface area contributed by atoms with Crippen LogP contribution >= 0.6 is 24.0 Å². The van der Waals surface area contributed by atoms with Crippen molar-refractivity contribution < 1.29 is 4.74 Å². The maximum absolute atomic E-state index is 5.42. The summed E-state index contributed by atoms with van der Waals surface area (Å²) in [7, 11) is 0. The minimum Gasteiger partial charge on any atom is -0.474 e. The van der Waals surface area contributed by atoms with Crippen LogP contribution in [0.4, 0.5) is 0 Å². The lowest BCUT2D eigenvalue weighted by Gasteiger charge is -2.05. The number of thiocarbonyl (C=S) groups is 1. The first-order valence-corrected chi connectivity index (χ1v) is 6.05. The fraction of sp³-hybridized carbons (Fsp3) is 0.364. The third-order valence-electron chi connectivity index (χ3n) is 1.62. The molecular weight excluding hydrogens is 212 g/mol. The van der Waals surface area contributed by atoms with Gasteiger partial charge in [-0.3, -0.25) is 0 Å². The Labute approximate surface area is 94.9 Å². The van der Waals surface area contributed by atoms with E-state index in [9.17, 15) is 0 Å². The summed E-state index contributed by atoms with van der Waals surface area (Å²) >= 11 is 6.66. The summed E-state index contributed by atoms with van der Waals surface area (Å²) in [4.78, 5) is 0. The number of hydrogen-bond donors (Lipinski definition) is 0. The van der Waals surface area contributed by atoms with Crippen LogP contribution in [0.1, 0.15) is 18.9 Å². The second-order valence-corrected chi connectivity index (χ2v) is 4.57. The Morgan fingerprint density at radius 2 is 2.07 bits per heavy atom. The summed E-state index contributed by atoms with van der Waals surface area (Å²) in [6, 6.07) is 10.1. The monoisotopic (exact) mass is 226 g/mol. The summed E-state index contributed by atoms with van der Waals surface area (Å²) in [5.74, 6) is 1.04. The van der Waals surface area contributed by atoms with Gasteiger partial charge >= 0.3 is 0 Å². The van der Waals surface area contributed by atoms with E-state index in [1.807, 2.05) is 30.3 Å². The molecule has 0 heterocycles. The van der Waals surface area contributed by atoms with Crippen LogP contribution in [0.15, 0.2) is 30.3 Å². The number of rotatable bonds is 4. The van der Waals surface area contributed by atoms with E-state index in [1.165, 1.54) is 0 Å². The van der Waals surface area contributed by atoms with Crippen molar-refractivity contribution in [3.05, 3.63) is 35.9 Å². The van der Waals surface area contributed by atoms with Gasteiger partial charge in [0.2, 0.25) is 4.38 Å². The van der Waals surface area contributed by atoms with Gasteiger partial charge in [-0.2, -0.15) is 0 Å². The number of hydrogen-bond acceptors (Lipinski definition) is 3. The molecule has 3 heteroatoms. The SMILES string of the molecule is CCCSC(=S)OCc1ccccc1. The van der Waals surface area contributed by atoms with Crippen LogP contribution in [0, 0.1) is 0 Å². The number of ether oxygens (including phenoxy) is 1. The summed E-state index contributed by atoms with van der Waals surface area (Å²) in [6.45, 7) is 2.71. The van der Waals surface area contributed by atoms with Crippen molar-refractivity contribution in [3.8, 4) is 0 Å². The minimum absolute atomic E-state index is 0.580. The van der Waals surface area contributed by atoms with Crippen molar-refractivity contribution >= 4 is 28.4 Å². The molecule has 0 amide bonds. The second-order valence-electron chi connectivity index (χ2n) is 2.87. The third-order valence-corrected chi connectivity index (χ3v) is 3.06. The van der Waals surface area contributed by atoms with Gasteiger partial charge in [0.1, 0.15) is 6.61 Å². The van der Waals surface area contributed by atoms with Gasteiger partial charge in [-0.1, -0.05) is 49.0 Å². The van der Waals surface area contributed by atoms with Crippen LogP contribution in [0.25, 0.3) is 0 Å². The number of benzene rings is 1. The van der Waals surface area contributed by atoms with Gasteiger partial charge in [0.05, 0.1) is 0 Å². The quantitative estimate of drug-likeness (QED) is 0.726. The molecular formula is C11H14OS2. The predicted octanol–water partition coefficient (Wildman–Crippen LogP) is 3.63. The van der Waals surface area contributed by atoms with Gasteiger partial charge in [-0.25, -0.2) is 0 Å². The summed E-state index contributed by atoms with van der Waals surface area (Å²) in [6.07, 6.45) is 1.12. The normalized spacial score (nSPS) is 9.79. The first-order chi connectivity index (χ1) is 6.83. The van der Waals surface area contributed by atoms with Gasteiger partial charge in [0.15, 0.2) is 0 Å². The van der Waals surface area contributed by atoms with Crippen molar-refractivity contribution in [1.82, 2.24) is 0 Å². The zero-order valence-corrected chi connectivity index (χ0v) is 9.87. The number of thioether (sulfide) groups is 1. The van der Waals surface area contributed by atoms with Crippen LogP contribution < -0.4 is 0 Å². The highest BCUT2D eigenvalue weighted by molar-refractivity contribution is 8.22. The molecule has 0 saturated carbocycles. The van der Waals surface area contributed by atoms with Crippen molar-refractivity contribution in [3.63, 3.8) is 0 Å². The van der Waals surface area contributed by atoms with E-state index in [1.54, 1.807) is 11.8 Å². The highest BCUT2D eigenvalue weighted by atomic mass is 32.2. The Bertz CT molecular complexity index is 272. The Hall–Kier alpha value is -0.540. The molecule has 1 aromatic carbocycles.